The van der Waals surface area contributed by atoms with Gasteiger partial charge in [0.05, 0.1) is 4.90 Å². The molecule has 0 amide bonds. The second-order valence-electron chi connectivity index (χ2n) is 3.80. The van der Waals surface area contributed by atoms with Gasteiger partial charge in [0.15, 0.2) is 0 Å². The summed E-state index contributed by atoms with van der Waals surface area (Å²) in [6.07, 6.45) is 1.35. The average molecular weight is 263 g/mol. The Bertz CT molecular complexity index is 641. The summed E-state index contributed by atoms with van der Waals surface area (Å²) in [6.45, 7) is 1.79. The van der Waals surface area contributed by atoms with E-state index >= 15 is 0 Å². The van der Waals surface area contributed by atoms with E-state index in [1.54, 1.807) is 43.3 Å². The van der Waals surface area contributed by atoms with Crippen LogP contribution >= 0.6 is 0 Å². The number of hydrogen-bond acceptors (Lipinski definition) is 4. The number of rotatable bonds is 3. The third-order valence-corrected chi connectivity index (χ3v) is 4.29. The van der Waals surface area contributed by atoms with Crippen molar-refractivity contribution in [2.75, 3.05) is 11.4 Å². The summed E-state index contributed by atoms with van der Waals surface area (Å²) in [7, 11) is -2.09. The van der Waals surface area contributed by atoms with E-state index < -0.39 is 10.0 Å². The summed E-state index contributed by atoms with van der Waals surface area (Å²) in [4.78, 5) is 8.15. The van der Waals surface area contributed by atoms with Gasteiger partial charge < -0.3 is 0 Å². The van der Waals surface area contributed by atoms with E-state index in [-0.39, 0.29) is 4.90 Å². The molecular weight excluding hydrogens is 250 g/mol. The van der Waals surface area contributed by atoms with Crippen molar-refractivity contribution >= 4 is 15.8 Å². The highest BCUT2D eigenvalue weighted by molar-refractivity contribution is 7.92. The van der Waals surface area contributed by atoms with Gasteiger partial charge in [0.2, 0.25) is 0 Å². The molecule has 1 aromatic heterocycles. The first-order valence-electron chi connectivity index (χ1n) is 5.34. The van der Waals surface area contributed by atoms with Gasteiger partial charge in [-0.2, -0.15) is 0 Å². The van der Waals surface area contributed by atoms with Gasteiger partial charge in [-0.05, 0) is 19.1 Å². The van der Waals surface area contributed by atoms with E-state index in [1.165, 1.54) is 13.4 Å². The molecular formula is C12H13N3O2S. The number of aryl methyl sites for hydroxylation is 1. The summed E-state index contributed by atoms with van der Waals surface area (Å²) in [5, 5.41) is 0. The predicted molar refractivity (Wildman–Crippen MR) is 68.8 cm³/mol. The average Bonchev–Trinajstić information content (AvgIpc) is 2.39. The van der Waals surface area contributed by atoms with Gasteiger partial charge in [-0.15, -0.1) is 0 Å². The zero-order valence-electron chi connectivity index (χ0n) is 10.1. The normalized spacial score (nSPS) is 11.2. The Morgan fingerprint density at radius 2 is 1.78 bits per heavy atom. The van der Waals surface area contributed by atoms with Crippen LogP contribution in [0.4, 0.5) is 5.82 Å². The van der Waals surface area contributed by atoms with Gasteiger partial charge in [-0.25, -0.2) is 18.4 Å². The topological polar surface area (TPSA) is 63.2 Å². The van der Waals surface area contributed by atoms with E-state index in [9.17, 15) is 8.42 Å². The molecule has 0 saturated heterocycles. The molecule has 0 aliphatic rings. The minimum atomic E-state index is -3.57. The maximum atomic E-state index is 12.3. The minimum Gasteiger partial charge on any atom is -0.253 e. The summed E-state index contributed by atoms with van der Waals surface area (Å²) < 4.78 is 25.8. The van der Waals surface area contributed by atoms with Crippen LogP contribution in [0.5, 0.6) is 0 Å². The van der Waals surface area contributed by atoms with Crippen molar-refractivity contribution < 1.29 is 8.42 Å². The quantitative estimate of drug-likeness (QED) is 0.844. The Hall–Kier alpha value is -1.95. The van der Waals surface area contributed by atoms with Crippen LogP contribution in [0.3, 0.4) is 0 Å². The van der Waals surface area contributed by atoms with Gasteiger partial charge in [0.1, 0.15) is 12.1 Å². The molecule has 1 heterocycles. The fourth-order valence-corrected chi connectivity index (χ4v) is 2.65. The van der Waals surface area contributed by atoms with Crippen LogP contribution in [-0.2, 0) is 10.0 Å². The van der Waals surface area contributed by atoms with Crippen molar-refractivity contribution in [2.24, 2.45) is 0 Å². The molecule has 5 nitrogen and oxygen atoms in total. The zero-order valence-corrected chi connectivity index (χ0v) is 10.9. The fourth-order valence-electron chi connectivity index (χ4n) is 1.49. The van der Waals surface area contributed by atoms with Crippen LogP contribution in [0.25, 0.3) is 0 Å². The lowest BCUT2D eigenvalue weighted by Gasteiger charge is -2.18. The molecule has 18 heavy (non-hydrogen) atoms. The lowest BCUT2D eigenvalue weighted by Crippen LogP contribution is -2.27. The van der Waals surface area contributed by atoms with Gasteiger partial charge in [0.25, 0.3) is 10.0 Å². The SMILES string of the molecule is Cc1cc(N(C)S(=O)(=O)c2ccccc2)ncn1. The number of aromatic nitrogens is 2. The summed E-state index contributed by atoms with van der Waals surface area (Å²) in [5.41, 5.74) is 0.718. The highest BCUT2D eigenvalue weighted by atomic mass is 32.2. The largest absolute Gasteiger partial charge is 0.265 e. The van der Waals surface area contributed by atoms with Crippen molar-refractivity contribution in [2.45, 2.75) is 11.8 Å². The second-order valence-corrected chi connectivity index (χ2v) is 5.77. The molecule has 0 N–H and O–H groups in total. The Morgan fingerprint density at radius 3 is 2.39 bits per heavy atom. The first-order chi connectivity index (χ1) is 8.51. The van der Waals surface area contributed by atoms with Crippen molar-refractivity contribution in [3.8, 4) is 0 Å². The van der Waals surface area contributed by atoms with E-state index in [0.717, 1.165) is 10.00 Å². The van der Waals surface area contributed by atoms with Crippen molar-refractivity contribution in [3.63, 3.8) is 0 Å². The number of benzene rings is 1. The number of anilines is 1. The van der Waals surface area contributed by atoms with E-state index in [2.05, 4.69) is 9.97 Å². The van der Waals surface area contributed by atoms with Gasteiger partial charge in [-0.1, -0.05) is 18.2 Å². The Kier molecular flexibility index (Phi) is 3.29. The second kappa shape index (κ2) is 4.73. The molecule has 0 aliphatic heterocycles. The fraction of sp³-hybridized carbons (Fsp3) is 0.167. The van der Waals surface area contributed by atoms with Gasteiger partial charge >= 0.3 is 0 Å². The molecule has 1 aromatic carbocycles. The zero-order chi connectivity index (χ0) is 13.2. The molecule has 0 radical (unpaired) electrons. The molecule has 6 heteroatoms. The highest BCUT2D eigenvalue weighted by Gasteiger charge is 2.21. The van der Waals surface area contributed by atoms with Crippen LogP contribution in [0, 0.1) is 6.92 Å². The maximum absolute atomic E-state index is 12.3. The molecule has 0 bridgehead atoms. The number of hydrogen-bond donors (Lipinski definition) is 0. The molecule has 0 saturated carbocycles. The molecule has 0 aliphatic carbocycles. The standard InChI is InChI=1S/C12H13N3O2S/c1-10-8-12(14-9-13-10)15(2)18(16,17)11-6-4-3-5-7-11/h3-9H,1-2H3. The van der Waals surface area contributed by atoms with Crippen molar-refractivity contribution in [3.05, 3.63) is 48.4 Å². The molecule has 0 spiro atoms. The molecule has 0 unspecified atom stereocenters. The van der Waals surface area contributed by atoms with E-state index in [0.29, 0.717) is 5.82 Å². The Morgan fingerprint density at radius 1 is 1.11 bits per heavy atom. The first-order valence-corrected chi connectivity index (χ1v) is 6.78. The Balaban J connectivity index is 2.43. The molecule has 2 rings (SSSR count). The predicted octanol–water partition coefficient (Wildman–Crippen LogP) is 1.61. The van der Waals surface area contributed by atoms with Crippen LogP contribution < -0.4 is 4.31 Å². The smallest absolute Gasteiger partial charge is 0.253 e. The molecule has 0 atom stereocenters. The van der Waals surface area contributed by atoms with Gasteiger partial charge in [0, 0.05) is 18.8 Å². The highest BCUT2D eigenvalue weighted by Crippen LogP contribution is 2.19. The molecule has 0 fully saturated rings. The third kappa shape index (κ3) is 2.33. The summed E-state index contributed by atoms with van der Waals surface area (Å²) in [5.74, 6) is 0.353. The number of nitrogens with zero attached hydrogens (tertiary/aromatic N) is 3. The minimum absolute atomic E-state index is 0.240. The molecule has 94 valence electrons. The number of sulfonamides is 1. The van der Waals surface area contributed by atoms with Crippen LogP contribution in [0.15, 0.2) is 47.6 Å². The van der Waals surface area contributed by atoms with Crippen LogP contribution in [0.2, 0.25) is 0 Å². The monoisotopic (exact) mass is 263 g/mol. The van der Waals surface area contributed by atoms with E-state index in [4.69, 9.17) is 0 Å². The van der Waals surface area contributed by atoms with E-state index in [1.807, 2.05) is 0 Å². The van der Waals surface area contributed by atoms with Crippen molar-refractivity contribution in [1.29, 1.82) is 0 Å². The lowest BCUT2D eigenvalue weighted by atomic mass is 10.4. The lowest BCUT2D eigenvalue weighted by molar-refractivity contribution is 0.594. The first kappa shape index (κ1) is 12.5. The van der Waals surface area contributed by atoms with Crippen molar-refractivity contribution in [1.82, 2.24) is 9.97 Å². The maximum Gasteiger partial charge on any atom is 0.265 e. The third-order valence-electron chi connectivity index (χ3n) is 2.51. The Labute approximate surface area is 106 Å². The van der Waals surface area contributed by atoms with Gasteiger partial charge in [-0.3, -0.25) is 4.31 Å². The summed E-state index contributed by atoms with van der Waals surface area (Å²) >= 11 is 0. The summed E-state index contributed by atoms with van der Waals surface area (Å²) in [6, 6.07) is 9.88. The van der Waals surface area contributed by atoms with Crippen LogP contribution in [0.1, 0.15) is 5.69 Å². The van der Waals surface area contributed by atoms with Crippen LogP contribution in [-0.4, -0.2) is 25.4 Å². The molecule has 2 aromatic rings.